The van der Waals surface area contributed by atoms with E-state index in [0.29, 0.717) is 11.4 Å². The number of aryl methyl sites for hydroxylation is 1. The van der Waals surface area contributed by atoms with Crippen molar-refractivity contribution in [3.8, 4) is 0 Å². The minimum Gasteiger partial charge on any atom is -0.478 e. The van der Waals surface area contributed by atoms with Crippen molar-refractivity contribution < 1.29 is 9.90 Å². The van der Waals surface area contributed by atoms with E-state index in [2.05, 4.69) is 18.3 Å². The molecule has 4 N–H and O–H groups in total. The summed E-state index contributed by atoms with van der Waals surface area (Å²) in [5.74, 6) is -0.963. The molecule has 0 aliphatic heterocycles. The lowest BCUT2D eigenvalue weighted by Gasteiger charge is -2.14. The Balaban J connectivity index is 2.34. The van der Waals surface area contributed by atoms with Crippen LogP contribution in [0.25, 0.3) is 0 Å². The van der Waals surface area contributed by atoms with Crippen molar-refractivity contribution in [1.82, 2.24) is 0 Å². The number of nitrogen functional groups attached to an aromatic ring is 1. The van der Waals surface area contributed by atoms with Crippen molar-refractivity contribution in [2.45, 2.75) is 19.8 Å². The van der Waals surface area contributed by atoms with Gasteiger partial charge in [-0.1, -0.05) is 31.5 Å². The van der Waals surface area contributed by atoms with Crippen molar-refractivity contribution in [2.75, 3.05) is 11.1 Å². The van der Waals surface area contributed by atoms with Gasteiger partial charge in [0.25, 0.3) is 0 Å². The maximum Gasteiger partial charge on any atom is 0.335 e. The molecule has 0 fully saturated rings. The fourth-order valence-electron chi connectivity index (χ4n) is 2.07. The average Bonchev–Trinajstić information content (AvgIpc) is 2.43. The molecule has 0 unspecified atom stereocenters. The van der Waals surface area contributed by atoms with Gasteiger partial charge in [-0.05, 0) is 36.2 Å². The molecule has 0 amide bonds. The number of anilines is 3. The number of benzene rings is 2. The number of rotatable bonds is 5. The minimum atomic E-state index is -0.963. The summed E-state index contributed by atoms with van der Waals surface area (Å²) >= 11 is 0. The highest BCUT2D eigenvalue weighted by Crippen LogP contribution is 2.27. The molecule has 0 aliphatic rings. The quantitative estimate of drug-likeness (QED) is 0.725. The van der Waals surface area contributed by atoms with Gasteiger partial charge in [0.1, 0.15) is 0 Å². The van der Waals surface area contributed by atoms with E-state index in [4.69, 9.17) is 10.8 Å². The zero-order valence-electron chi connectivity index (χ0n) is 11.4. The molecule has 2 rings (SSSR count). The highest BCUT2D eigenvalue weighted by molar-refractivity contribution is 5.91. The number of nitrogens with two attached hydrogens (primary N) is 1. The first-order valence-corrected chi connectivity index (χ1v) is 6.59. The van der Waals surface area contributed by atoms with E-state index < -0.39 is 5.97 Å². The Kier molecular flexibility index (Phi) is 4.25. The Morgan fingerprint density at radius 1 is 1.20 bits per heavy atom. The van der Waals surface area contributed by atoms with Crippen LogP contribution in [0.5, 0.6) is 0 Å². The summed E-state index contributed by atoms with van der Waals surface area (Å²) in [6, 6.07) is 12.6. The maximum absolute atomic E-state index is 11.0. The maximum atomic E-state index is 11.0. The lowest BCUT2D eigenvalue weighted by Crippen LogP contribution is -2.03. The van der Waals surface area contributed by atoms with E-state index in [1.165, 1.54) is 11.6 Å². The number of para-hydroxylation sites is 1. The van der Waals surface area contributed by atoms with E-state index in [1.807, 2.05) is 18.2 Å². The lowest BCUT2D eigenvalue weighted by atomic mass is 10.1. The smallest absolute Gasteiger partial charge is 0.335 e. The number of nitrogens with one attached hydrogen (secondary N) is 1. The molecule has 0 radical (unpaired) electrons. The molecule has 0 spiro atoms. The highest BCUT2D eigenvalue weighted by atomic mass is 16.4. The fourth-order valence-corrected chi connectivity index (χ4v) is 2.07. The minimum absolute atomic E-state index is 0.217. The topological polar surface area (TPSA) is 75.3 Å². The fraction of sp³-hybridized carbons (Fsp3) is 0.188. The monoisotopic (exact) mass is 270 g/mol. The summed E-state index contributed by atoms with van der Waals surface area (Å²) in [5, 5.41) is 12.3. The van der Waals surface area contributed by atoms with Crippen LogP contribution in [0.1, 0.15) is 29.3 Å². The van der Waals surface area contributed by atoms with Crippen molar-refractivity contribution in [3.05, 3.63) is 53.6 Å². The molecule has 0 aliphatic carbocycles. The van der Waals surface area contributed by atoms with Gasteiger partial charge in [-0.3, -0.25) is 0 Å². The van der Waals surface area contributed by atoms with Gasteiger partial charge >= 0.3 is 5.97 Å². The van der Waals surface area contributed by atoms with Gasteiger partial charge in [0.15, 0.2) is 0 Å². The van der Waals surface area contributed by atoms with Crippen LogP contribution in [0.4, 0.5) is 17.1 Å². The standard InChI is InChI=1S/C16H18N2O2/c1-2-5-11-6-3-4-7-14(11)18-15-10-12(16(19)20)8-9-13(15)17/h3-4,6-10,18H,2,5,17H2,1H3,(H,19,20). The number of hydrogen-bond acceptors (Lipinski definition) is 3. The second-order valence-corrected chi connectivity index (χ2v) is 4.64. The molecule has 2 aromatic rings. The lowest BCUT2D eigenvalue weighted by molar-refractivity contribution is 0.0697. The van der Waals surface area contributed by atoms with Crippen molar-refractivity contribution in [3.63, 3.8) is 0 Å². The second-order valence-electron chi connectivity index (χ2n) is 4.64. The van der Waals surface area contributed by atoms with E-state index in [1.54, 1.807) is 12.1 Å². The zero-order valence-corrected chi connectivity index (χ0v) is 11.4. The molecule has 4 nitrogen and oxygen atoms in total. The predicted molar refractivity (Wildman–Crippen MR) is 81.5 cm³/mol. The summed E-state index contributed by atoms with van der Waals surface area (Å²) in [4.78, 5) is 11.0. The Morgan fingerprint density at radius 3 is 2.65 bits per heavy atom. The molecular formula is C16H18N2O2. The number of aromatic carboxylic acids is 1. The van der Waals surface area contributed by atoms with Gasteiger partial charge in [0, 0.05) is 5.69 Å². The number of hydrogen-bond donors (Lipinski definition) is 3. The Bertz CT molecular complexity index is 624. The summed E-state index contributed by atoms with van der Waals surface area (Å²) in [6.45, 7) is 2.12. The van der Waals surface area contributed by atoms with Gasteiger partial charge in [-0.25, -0.2) is 4.79 Å². The summed E-state index contributed by atoms with van der Waals surface area (Å²) in [5.41, 5.74) is 9.42. The van der Waals surface area contributed by atoms with Crippen LogP contribution in [0.2, 0.25) is 0 Å². The molecule has 20 heavy (non-hydrogen) atoms. The van der Waals surface area contributed by atoms with Crippen LogP contribution < -0.4 is 11.1 Å². The van der Waals surface area contributed by atoms with Crippen LogP contribution in [-0.2, 0) is 6.42 Å². The Morgan fingerprint density at radius 2 is 1.95 bits per heavy atom. The molecule has 0 saturated carbocycles. The van der Waals surface area contributed by atoms with Crippen LogP contribution >= 0.6 is 0 Å². The van der Waals surface area contributed by atoms with Crippen LogP contribution in [0.3, 0.4) is 0 Å². The van der Waals surface area contributed by atoms with Crippen LogP contribution in [-0.4, -0.2) is 11.1 Å². The second kappa shape index (κ2) is 6.10. The number of carboxylic acid groups (broad SMARTS) is 1. The number of carboxylic acids is 1. The zero-order chi connectivity index (χ0) is 14.5. The van der Waals surface area contributed by atoms with Crippen molar-refractivity contribution in [2.24, 2.45) is 0 Å². The van der Waals surface area contributed by atoms with Gasteiger partial charge < -0.3 is 16.2 Å². The van der Waals surface area contributed by atoms with Crippen molar-refractivity contribution >= 4 is 23.0 Å². The third-order valence-electron chi connectivity index (χ3n) is 3.11. The molecule has 0 heterocycles. The van der Waals surface area contributed by atoms with Crippen molar-refractivity contribution in [1.29, 1.82) is 0 Å². The van der Waals surface area contributed by atoms with Crippen LogP contribution in [0, 0.1) is 0 Å². The van der Waals surface area contributed by atoms with E-state index in [0.717, 1.165) is 18.5 Å². The molecule has 4 heteroatoms. The van der Waals surface area contributed by atoms with Gasteiger partial charge in [0.05, 0.1) is 16.9 Å². The SMILES string of the molecule is CCCc1ccccc1Nc1cc(C(=O)O)ccc1N. The van der Waals surface area contributed by atoms with E-state index in [-0.39, 0.29) is 5.56 Å². The van der Waals surface area contributed by atoms with Crippen LogP contribution in [0.15, 0.2) is 42.5 Å². The first-order chi connectivity index (χ1) is 9.61. The van der Waals surface area contributed by atoms with E-state index >= 15 is 0 Å². The highest BCUT2D eigenvalue weighted by Gasteiger charge is 2.08. The molecule has 0 bridgehead atoms. The first kappa shape index (κ1) is 13.9. The van der Waals surface area contributed by atoms with Gasteiger partial charge in [-0.2, -0.15) is 0 Å². The summed E-state index contributed by atoms with van der Waals surface area (Å²) < 4.78 is 0. The average molecular weight is 270 g/mol. The molecular weight excluding hydrogens is 252 g/mol. The third kappa shape index (κ3) is 3.09. The van der Waals surface area contributed by atoms with Gasteiger partial charge in [-0.15, -0.1) is 0 Å². The Labute approximate surface area is 118 Å². The normalized spacial score (nSPS) is 10.2. The molecule has 104 valence electrons. The third-order valence-corrected chi connectivity index (χ3v) is 3.11. The molecule has 0 aromatic heterocycles. The molecule has 2 aromatic carbocycles. The largest absolute Gasteiger partial charge is 0.478 e. The van der Waals surface area contributed by atoms with Gasteiger partial charge in [0.2, 0.25) is 0 Å². The van der Waals surface area contributed by atoms with E-state index in [9.17, 15) is 4.79 Å². The molecule has 0 atom stereocenters. The Hall–Kier alpha value is -2.49. The first-order valence-electron chi connectivity index (χ1n) is 6.59. The number of carbonyl (C=O) groups is 1. The summed E-state index contributed by atoms with van der Waals surface area (Å²) in [6.07, 6.45) is 2.01. The summed E-state index contributed by atoms with van der Waals surface area (Å²) in [7, 11) is 0. The molecule has 0 saturated heterocycles. The predicted octanol–water partition coefficient (Wildman–Crippen LogP) is 3.66.